The molecule has 1 aromatic carbocycles. The van der Waals surface area contributed by atoms with Crippen LogP contribution in [0, 0.1) is 28.9 Å². The molecule has 4 heteroatoms. The molecule has 0 saturated heterocycles. The van der Waals surface area contributed by atoms with Crippen molar-refractivity contribution in [1.82, 2.24) is 5.32 Å². The van der Waals surface area contributed by atoms with Crippen LogP contribution >= 0.6 is 0 Å². The van der Waals surface area contributed by atoms with Gasteiger partial charge in [-0.2, -0.15) is 0 Å². The van der Waals surface area contributed by atoms with E-state index in [1.54, 1.807) is 13.0 Å². The number of hydrogen-bond donors (Lipinski definition) is 1. The predicted octanol–water partition coefficient (Wildman–Crippen LogP) is 3.82. The molecule has 1 N–H and O–H groups in total. The van der Waals surface area contributed by atoms with E-state index in [9.17, 15) is 10.1 Å². The molecule has 2 rings (SSSR count). The minimum absolute atomic E-state index is 0.218. The smallest absolute Gasteiger partial charge is 0.272 e. The first kappa shape index (κ1) is 15.0. The first-order chi connectivity index (χ1) is 9.47. The molecule has 3 atom stereocenters. The molecule has 0 radical (unpaired) electrons. The van der Waals surface area contributed by atoms with Crippen LogP contribution in [-0.4, -0.2) is 11.0 Å². The Balaban J connectivity index is 1.94. The zero-order chi connectivity index (χ0) is 14.7. The Morgan fingerprint density at radius 2 is 2.05 bits per heavy atom. The number of rotatable bonds is 4. The van der Waals surface area contributed by atoms with Crippen molar-refractivity contribution in [2.24, 2.45) is 11.8 Å². The van der Waals surface area contributed by atoms with Crippen molar-refractivity contribution in [2.75, 3.05) is 0 Å². The maximum Gasteiger partial charge on any atom is 0.272 e. The van der Waals surface area contributed by atoms with E-state index in [1.165, 1.54) is 19.3 Å². The monoisotopic (exact) mass is 276 g/mol. The summed E-state index contributed by atoms with van der Waals surface area (Å²) in [6.07, 6.45) is 3.68. The van der Waals surface area contributed by atoms with Crippen LogP contribution in [0.3, 0.4) is 0 Å². The minimum Gasteiger partial charge on any atom is -0.310 e. The van der Waals surface area contributed by atoms with Gasteiger partial charge in [-0.15, -0.1) is 0 Å². The fraction of sp³-hybridized carbons (Fsp3) is 0.625. The molecule has 1 aromatic rings. The van der Waals surface area contributed by atoms with Gasteiger partial charge >= 0.3 is 0 Å². The molecule has 0 heterocycles. The molecular weight excluding hydrogens is 252 g/mol. The third-order valence-electron chi connectivity index (χ3n) is 4.66. The van der Waals surface area contributed by atoms with Crippen LogP contribution in [0.4, 0.5) is 5.69 Å². The molecule has 1 aliphatic carbocycles. The molecule has 1 saturated carbocycles. The van der Waals surface area contributed by atoms with Crippen LogP contribution in [0.1, 0.15) is 44.2 Å². The zero-order valence-corrected chi connectivity index (χ0v) is 12.6. The van der Waals surface area contributed by atoms with Crippen LogP contribution in [0.15, 0.2) is 18.2 Å². The standard InChI is InChI=1S/C16H24N2O2/c1-11-5-7-15(8-13(11)3)17-10-14-6-4-12(2)16(9-14)18(19)20/h4,6,9,11,13,15,17H,5,7-8,10H2,1-3H3. The fourth-order valence-corrected chi connectivity index (χ4v) is 2.96. The van der Waals surface area contributed by atoms with E-state index in [0.29, 0.717) is 12.6 Å². The number of aryl methyl sites for hydroxylation is 1. The number of nitrogens with one attached hydrogen (secondary N) is 1. The normalized spacial score (nSPS) is 26.4. The van der Waals surface area contributed by atoms with Gasteiger partial charge in [-0.1, -0.05) is 26.0 Å². The first-order valence-electron chi connectivity index (χ1n) is 7.44. The zero-order valence-electron chi connectivity index (χ0n) is 12.6. The molecule has 3 unspecified atom stereocenters. The average Bonchev–Trinajstić information content (AvgIpc) is 2.41. The van der Waals surface area contributed by atoms with E-state index in [0.717, 1.165) is 23.0 Å². The van der Waals surface area contributed by atoms with Crippen molar-refractivity contribution >= 4 is 5.69 Å². The highest BCUT2D eigenvalue weighted by atomic mass is 16.6. The van der Waals surface area contributed by atoms with Gasteiger partial charge in [0.25, 0.3) is 5.69 Å². The van der Waals surface area contributed by atoms with Gasteiger partial charge in [-0.3, -0.25) is 10.1 Å². The van der Waals surface area contributed by atoms with E-state index in [-0.39, 0.29) is 10.6 Å². The van der Waals surface area contributed by atoms with Crippen LogP contribution in [-0.2, 0) is 6.54 Å². The molecule has 110 valence electrons. The summed E-state index contributed by atoms with van der Waals surface area (Å²) in [4.78, 5) is 10.6. The third kappa shape index (κ3) is 3.57. The van der Waals surface area contributed by atoms with Crippen LogP contribution in [0.25, 0.3) is 0 Å². The lowest BCUT2D eigenvalue weighted by Crippen LogP contribution is -2.35. The second-order valence-corrected chi connectivity index (χ2v) is 6.22. The van der Waals surface area contributed by atoms with Crippen molar-refractivity contribution in [1.29, 1.82) is 0 Å². The molecule has 0 spiro atoms. The fourth-order valence-electron chi connectivity index (χ4n) is 2.96. The van der Waals surface area contributed by atoms with Crippen LogP contribution in [0.5, 0.6) is 0 Å². The summed E-state index contributed by atoms with van der Waals surface area (Å²) in [5, 5.41) is 14.5. The molecule has 0 aromatic heterocycles. The van der Waals surface area contributed by atoms with Gasteiger partial charge in [-0.25, -0.2) is 0 Å². The van der Waals surface area contributed by atoms with Crippen molar-refractivity contribution in [3.63, 3.8) is 0 Å². The number of benzene rings is 1. The quantitative estimate of drug-likeness (QED) is 0.672. The molecule has 4 nitrogen and oxygen atoms in total. The van der Waals surface area contributed by atoms with Gasteiger partial charge in [0.2, 0.25) is 0 Å². The Morgan fingerprint density at radius 3 is 2.70 bits per heavy atom. The van der Waals surface area contributed by atoms with Gasteiger partial charge in [-0.05, 0) is 43.6 Å². The van der Waals surface area contributed by atoms with E-state index in [4.69, 9.17) is 0 Å². The first-order valence-corrected chi connectivity index (χ1v) is 7.44. The molecular formula is C16H24N2O2. The van der Waals surface area contributed by atoms with E-state index in [2.05, 4.69) is 19.2 Å². The van der Waals surface area contributed by atoms with Gasteiger partial charge in [0.05, 0.1) is 4.92 Å². The Labute approximate surface area is 120 Å². The Bertz CT molecular complexity index is 487. The van der Waals surface area contributed by atoms with E-state index in [1.807, 2.05) is 12.1 Å². The van der Waals surface area contributed by atoms with Gasteiger partial charge in [0.1, 0.15) is 0 Å². The van der Waals surface area contributed by atoms with Gasteiger partial charge < -0.3 is 5.32 Å². The molecule has 0 amide bonds. The van der Waals surface area contributed by atoms with Crippen molar-refractivity contribution < 1.29 is 4.92 Å². The second-order valence-electron chi connectivity index (χ2n) is 6.22. The lowest BCUT2D eigenvalue weighted by Gasteiger charge is -2.32. The van der Waals surface area contributed by atoms with E-state index < -0.39 is 0 Å². The maximum absolute atomic E-state index is 10.9. The maximum atomic E-state index is 10.9. The van der Waals surface area contributed by atoms with E-state index >= 15 is 0 Å². The SMILES string of the molecule is Cc1ccc(CNC2CCC(C)C(C)C2)cc1[N+](=O)[O-]. The van der Waals surface area contributed by atoms with Crippen LogP contribution in [0.2, 0.25) is 0 Å². The summed E-state index contributed by atoms with van der Waals surface area (Å²) >= 11 is 0. The Kier molecular flexibility index (Phi) is 4.76. The van der Waals surface area contributed by atoms with Gasteiger partial charge in [0, 0.05) is 24.2 Å². The Morgan fingerprint density at radius 1 is 1.30 bits per heavy atom. The molecule has 0 bridgehead atoms. The highest BCUT2D eigenvalue weighted by molar-refractivity contribution is 5.42. The molecule has 20 heavy (non-hydrogen) atoms. The minimum atomic E-state index is -0.302. The highest BCUT2D eigenvalue weighted by Crippen LogP contribution is 2.29. The van der Waals surface area contributed by atoms with Crippen molar-refractivity contribution in [3.8, 4) is 0 Å². The lowest BCUT2D eigenvalue weighted by atomic mass is 9.79. The number of nitro groups is 1. The average molecular weight is 276 g/mol. The topological polar surface area (TPSA) is 55.2 Å². The van der Waals surface area contributed by atoms with Crippen molar-refractivity contribution in [3.05, 3.63) is 39.4 Å². The largest absolute Gasteiger partial charge is 0.310 e. The summed E-state index contributed by atoms with van der Waals surface area (Å²) in [5.74, 6) is 1.57. The summed E-state index contributed by atoms with van der Waals surface area (Å²) < 4.78 is 0. The number of hydrogen-bond acceptors (Lipinski definition) is 3. The third-order valence-corrected chi connectivity index (χ3v) is 4.66. The molecule has 1 fully saturated rings. The van der Waals surface area contributed by atoms with Crippen LogP contribution < -0.4 is 5.32 Å². The van der Waals surface area contributed by atoms with Crippen molar-refractivity contribution in [2.45, 2.75) is 52.6 Å². The lowest BCUT2D eigenvalue weighted by molar-refractivity contribution is -0.385. The summed E-state index contributed by atoms with van der Waals surface area (Å²) in [6.45, 7) is 7.13. The number of nitrogens with zero attached hydrogens (tertiary/aromatic N) is 1. The summed E-state index contributed by atoms with van der Waals surface area (Å²) in [6, 6.07) is 6.05. The predicted molar refractivity (Wildman–Crippen MR) is 80.6 cm³/mol. The second kappa shape index (κ2) is 6.35. The summed E-state index contributed by atoms with van der Waals surface area (Å²) in [5.41, 5.74) is 1.93. The van der Waals surface area contributed by atoms with Gasteiger partial charge in [0.15, 0.2) is 0 Å². The highest BCUT2D eigenvalue weighted by Gasteiger charge is 2.24. The number of nitro benzene ring substituents is 1. The summed E-state index contributed by atoms with van der Waals surface area (Å²) in [7, 11) is 0. The molecule has 0 aliphatic heterocycles. The Hall–Kier alpha value is -1.42. The molecule has 1 aliphatic rings.